The Morgan fingerprint density at radius 3 is 2.87 bits per heavy atom. The molecule has 0 radical (unpaired) electrons. The highest BCUT2D eigenvalue weighted by Crippen LogP contribution is 2.13. The van der Waals surface area contributed by atoms with Crippen molar-refractivity contribution in [2.45, 2.75) is 20.0 Å². The zero-order valence-corrected chi connectivity index (χ0v) is 16.4. The van der Waals surface area contributed by atoms with E-state index >= 15 is 0 Å². The topological polar surface area (TPSA) is 105 Å². The van der Waals surface area contributed by atoms with Crippen LogP contribution in [0.1, 0.15) is 21.5 Å². The SMILES string of the molecule is C=CCn1c(=N)c(C(=O)NCc2cccnc2)cc2c(=O)n3cccc(C)c3nc21. The van der Waals surface area contributed by atoms with E-state index in [1.165, 1.54) is 15.0 Å². The van der Waals surface area contributed by atoms with Crippen molar-refractivity contribution in [2.75, 3.05) is 0 Å². The summed E-state index contributed by atoms with van der Waals surface area (Å²) < 4.78 is 2.98. The third kappa shape index (κ3) is 3.28. The highest BCUT2D eigenvalue weighted by molar-refractivity contribution is 5.96. The number of rotatable bonds is 5. The van der Waals surface area contributed by atoms with Crippen LogP contribution in [0.25, 0.3) is 16.7 Å². The number of allylic oxidation sites excluding steroid dienone is 1. The summed E-state index contributed by atoms with van der Waals surface area (Å²) in [5, 5.41) is 11.6. The van der Waals surface area contributed by atoms with E-state index in [2.05, 4.69) is 21.9 Å². The monoisotopic (exact) mass is 400 g/mol. The van der Waals surface area contributed by atoms with E-state index in [0.29, 0.717) is 11.3 Å². The molecule has 1 amide bonds. The highest BCUT2D eigenvalue weighted by atomic mass is 16.1. The molecule has 0 aliphatic carbocycles. The lowest BCUT2D eigenvalue weighted by Crippen LogP contribution is -2.34. The lowest BCUT2D eigenvalue weighted by molar-refractivity contribution is 0.0948. The Bertz CT molecular complexity index is 1400. The van der Waals surface area contributed by atoms with E-state index in [1.54, 1.807) is 36.8 Å². The Morgan fingerprint density at radius 2 is 2.13 bits per heavy atom. The first-order chi connectivity index (χ1) is 14.5. The third-order valence-electron chi connectivity index (χ3n) is 4.87. The van der Waals surface area contributed by atoms with Crippen LogP contribution >= 0.6 is 0 Å². The molecule has 0 bridgehead atoms. The molecule has 0 aliphatic rings. The lowest BCUT2D eigenvalue weighted by Gasteiger charge is -2.14. The van der Waals surface area contributed by atoms with Gasteiger partial charge in [-0.2, -0.15) is 0 Å². The van der Waals surface area contributed by atoms with E-state index < -0.39 is 5.91 Å². The zero-order chi connectivity index (χ0) is 21.3. The van der Waals surface area contributed by atoms with Crippen LogP contribution in [0, 0.1) is 12.3 Å². The molecule has 0 aliphatic heterocycles. The van der Waals surface area contributed by atoms with Gasteiger partial charge in [0.05, 0.1) is 10.9 Å². The van der Waals surface area contributed by atoms with Gasteiger partial charge in [-0.3, -0.25) is 24.4 Å². The highest BCUT2D eigenvalue weighted by Gasteiger charge is 2.17. The molecule has 0 spiro atoms. The van der Waals surface area contributed by atoms with Crippen LogP contribution in [-0.2, 0) is 13.1 Å². The van der Waals surface area contributed by atoms with Gasteiger partial charge in [-0.05, 0) is 36.2 Å². The Labute approximate surface area is 171 Å². The van der Waals surface area contributed by atoms with Crippen molar-refractivity contribution >= 4 is 22.6 Å². The third-order valence-corrected chi connectivity index (χ3v) is 4.87. The fourth-order valence-electron chi connectivity index (χ4n) is 3.36. The van der Waals surface area contributed by atoms with Crippen molar-refractivity contribution in [3.63, 3.8) is 0 Å². The van der Waals surface area contributed by atoms with Crippen molar-refractivity contribution in [3.05, 3.63) is 94.1 Å². The molecule has 30 heavy (non-hydrogen) atoms. The Hall–Kier alpha value is -4.07. The molecule has 0 atom stereocenters. The van der Waals surface area contributed by atoms with Gasteiger partial charge in [-0.15, -0.1) is 6.58 Å². The van der Waals surface area contributed by atoms with Crippen LogP contribution < -0.4 is 16.4 Å². The van der Waals surface area contributed by atoms with Crippen molar-refractivity contribution in [1.82, 2.24) is 24.3 Å². The summed E-state index contributed by atoms with van der Waals surface area (Å²) in [7, 11) is 0. The predicted octanol–water partition coefficient (Wildman–Crippen LogP) is 1.95. The van der Waals surface area contributed by atoms with Crippen LogP contribution in [0.3, 0.4) is 0 Å². The number of carbonyl (C=O) groups is 1. The number of amides is 1. The number of aromatic nitrogens is 4. The van der Waals surface area contributed by atoms with Gasteiger partial charge in [0.2, 0.25) is 0 Å². The molecule has 4 aromatic rings. The molecule has 0 aromatic carbocycles. The number of aryl methyl sites for hydroxylation is 1. The molecule has 4 heterocycles. The minimum absolute atomic E-state index is 0.0316. The van der Waals surface area contributed by atoms with Gasteiger partial charge in [-0.1, -0.05) is 18.2 Å². The first-order valence-electron chi connectivity index (χ1n) is 9.39. The maximum Gasteiger partial charge on any atom is 0.267 e. The van der Waals surface area contributed by atoms with Crippen LogP contribution in [0.15, 0.2) is 66.4 Å². The number of hydrogen-bond acceptors (Lipinski definition) is 5. The van der Waals surface area contributed by atoms with Crippen molar-refractivity contribution in [3.8, 4) is 0 Å². The molecule has 150 valence electrons. The van der Waals surface area contributed by atoms with E-state index in [9.17, 15) is 9.59 Å². The summed E-state index contributed by atoms with van der Waals surface area (Å²) >= 11 is 0. The molecule has 0 saturated heterocycles. The summed E-state index contributed by atoms with van der Waals surface area (Å²) in [6.45, 7) is 6.11. The molecular weight excluding hydrogens is 380 g/mol. The summed E-state index contributed by atoms with van der Waals surface area (Å²) in [6.07, 6.45) is 6.56. The van der Waals surface area contributed by atoms with Gasteiger partial charge in [0.1, 0.15) is 16.8 Å². The average molecular weight is 400 g/mol. The number of nitrogens with zero attached hydrogens (tertiary/aromatic N) is 4. The predicted molar refractivity (Wildman–Crippen MR) is 113 cm³/mol. The molecule has 0 unspecified atom stereocenters. The Balaban J connectivity index is 1.89. The first kappa shape index (κ1) is 19.3. The summed E-state index contributed by atoms with van der Waals surface area (Å²) in [5.74, 6) is -0.447. The molecule has 2 N–H and O–H groups in total. The number of nitrogens with one attached hydrogen (secondary N) is 2. The summed E-state index contributed by atoms with van der Waals surface area (Å²) in [5.41, 5.74) is 2.31. The number of fused-ring (bicyclic) bond motifs is 2. The maximum atomic E-state index is 13.1. The normalized spacial score (nSPS) is 11.0. The Kier molecular flexibility index (Phi) is 4.97. The second-order valence-corrected chi connectivity index (χ2v) is 6.89. The van der Waals surface area contributed by atoms with Crippen molar-refractivity contribution in [2.24, 2.45) is 0 Å². The standard InChI is InChI=1S/C22H20N6O2/c1-3-9-27-18(23)16(21(29)25-13-15-7-4-8-24-12-15)11-17-20(27)26-19-14(2)6-5-10-28(19)22(17)30/h3-8,10-12,23H,1,9,13H2,2H3,(H,25,29). The van der Waals surface area contributed by atoms with Gasteiger partial charge in [0, 0.05) is 31.7 Å². The van der Waals surface area contributed by atoms with Gasteiger partial charge < -0.3 is 9.88 Å². The quantitative estimate of drug-likeness (QED) is 0.395. The van der Waals surface area contributed by atoms with Crippen molar-refractivity contribution in [1.29, 1.82) is 5.41 Å². The lowest BCUT2D eigenvalue weighted by atomic mass is 10.1. The number of pyridine rings is 3. The van der Waals surface area contributed by atoms with Gasteiger partial charge in [-0.25, -0.2) is 4.98 Å². The van der Waals surface area contributed by atoms with E-state index in [1.807, 2.05) is 19.1 Å². The number of hydrogen-bond donors (Lipinski definition) is 2. The largest absolute Gasteiger partial charge is 0.348 e. The molecule has 0 saturated carbocycles. The molecule has 8 heteroatoms. The molecule has 4 rings (SSSR count). The van der Waals surface area contributed by atoms with Crippen LogP contribution in [-0.4, -0.2) is 24.8 Å². The van der Waals surface area contributed by atoms with E-state index in [-0.39, 0.29) is 35.1 Å². The fraction of sp³-hybridized carbons (Fsp3) is 0.136. The van der Waals surface area contributed by atoms with E-state index in [4.69, 9.17) is 5.41 Å². The molecule has 0 fully saturated rings. The maximum absolute atomic E-state index is 13.1. The van der Waals surface area contributed by atoms with Crippen LogP contribution in [0.5, 0.6) is 0 Å². The average Bonchev–Trinajstić information content (AvgIpc) is 2.76. The van der Waals surface area contributed by atoms with E-state index in [0.717, 1.165) is 11.1 Å². The number of carbonyl (C=O) groups excluding carboxylic acids is 1. The molecule has 4 aromatic heterocycles. The minimum atomic E-state index is -0.447. The molecular formula is C22H20N6O2. The summed E-state index contributed by atoms with van der Waals surface area (Å²) in [6, 6.07) is 8.71. The molecule has 8 nitrogen and oxygen atoms in total. The van der Waals surface area contributed by atoms with Gasteiger partial charge in [0.15, 0.2) is 0 Å². The minimum Gasteiger partial charge on any atom is -0.348 e. The van der Waals surface area contributed by atoms with Crippen LogP contribution in [0.2, 0.25) is 0 Å². The van der Waals surface area contributed by atoms with Gasteiger partial charge in [0.25, 0.3) is 11.5 Å². The first-order valence-corrected chi connectivity index (χ1v) is 9.39. The van der Waals surface area contributed by atoms with Gasteiger partial charge >= 0.3 is 0 Å². The second kappa shape index (κ2) is 7.75. The summed E-state index contributed by atoms with van der Waals surface area (Å²) in [4.78, 5) is 34.6. The van der Waals surface area contributed by atoms with Crippen molar-refractivity contribution < 1.29 is 4.79 Å². The van der Waals surface area contributed by atoms with Crippen LogP contribution in [0.4, 0.5) is 0 Å². The fourth-order valence-corrected chi connectivity index (χ4v) is 3.36. The second-order valence-electron chi connectivity index (χ2n) is 6.89. The zero-order valence-electron chi connectivity index (χ0n) is 16.4. The Morgan fingerprint density at radius 1 is 1.30 bits per heavy atom. The smallest absolute Gasteiger partial charge is 0.267 e.